The summed E-state index contributed by atoms with van der Waals surface area (Å²) in [6.45, 7) is 0.191. The minimum atomic E-state index is -0.0302. The van der Waals surface area contributed by atoms with Crippen molar-refractivity contribution in [3.05, 3.63) is 29.8 Å². The Hall–Kier alpha value is -2.15. The van der Waals surface area contributed by atoms with Gasteiger partial charge in [0.15, 0.2) is 0 Å². The first-order valence-electron chi connectivity index (χ1n) is 5.52. The first kappa shape index (κ1) is 13.3. The van der Waals surface area contributed by atoms with Crippen LogP contribution in [-0.2, 0) is 11.3 Å². The molecular weight excluding hydrogens is 268 g/mol. The summed E-state index contributed by atoms with van der Waals surface area (Å²) in [4.78, 5) is 21.0. The van der Waals surface area contributed by atoms with Gasteiger partial charge in [0, 0.05) is 20.3 Å². The molecule has 2 aromatic heterocycles. The highest BCUT2D eigenvalue weighted by molar-refractivity contribution is 6.30. The Kier molecular flexibility index (Phi) is 3.96. The van der Waals surface area contributed by atoms with Crippen LogP contribution in [0.4, 0.5) is 11.6 Å². The lowest BCUT2D eigenvalue weighted by Crippen LogP contribution is -2.26. The summed E-state index contributed by atoms with van der Waals surface area (Å²) in [5, 5.41) is 7.51. The third-order valence-electron chi connectivity index (χ3n) is 2.31. The van der Waals surface area contributed by atoms with Gasteiger partial charge in [-0.05, 0) is 0 Å². The number of carbonyl (C=O) groups is 1. The first-order valence-corrected chi connectivity index (χ1v) is 5.89. The second-order valence-electron chi connectivity index (χ2n) is 4.06. The highest BCUT2D eigenvalue weighted by Crippen LogP contribution is 2.12. The second-order valence-corrected chi connectivity index (χ2v) is 4.50. The van der Waals surface area contributed by atoms with Crippen LogP contribution in [0.15, 0.2) is 24.8 Å². The highest BCUT2D eigenvalue weighted by Gasteiger charge is 2.07. The van der Waals surface area contributed by atoms with Crippen LogP contribution in [0.5, 0.6) is 0 Å². The maximum absolute atomic E-state index is 11.5. The lowest BCUT2D eigenvalue weighted by molar-refractivity contribution is -0.129. The van der Waals surface area contributed by atoms with E-state index < -0.39 is 0 Å². The number of rotatable bonds is 4. The summed E-state index contributed by atoms with van der Waals surface area (Å²) >= 11 is 5.69. The molecule has 7 nitrogen and oxygen atoms in total. The van der Waals surface area contributed by atoms with Crippen LogP contribution in [0.3, 0.4) is 0 Å². The largest absolute Gasteiger partial charge is 0.347 e. The van der Waals surface area contributed by atoms with Crippen molar-refractivity contribution in [3.63, 3.8) is 0 Å². The van der Waals surface area contributed by atoms with E-state index in [0.29, 0.717) is 16.7 Å². The number of amides is 1. The summed E-state index contributed by atoms with van der Waals surface area (Å²) in [6, 6.07) is 0. The number of nitrogens with zero attached hydrogens (tertiary/aromatic N) is 5. The molecule has 19 heavy (non-hydrogen) atoms. The Morgan fingerprint density at radius 3 is 2.68 bits per heavy atom. The average Bonchev–Trinajstić information content (AvgIpc) is 2.79. The molecule has 1 amide bonds. The molecule has 0 aromatic carbocycles. The fraction of sp³-hybridized carbons (Fsp3) is 0.273. The second kappa shape index (κ2) is 5.66. The van der Waals surface area contributed by atoms with E-state index in [1.165, 1.54) is 17.3 Å². The van der Waals surface area contributed by atoms with Gasteiger partial charge in [0.25, 0.3) is 0 Å². The summed E-state index contributed by atoms with van der Waals surface area (Å²) in [5.41, 5.74) is 0.703. The van der Waals surface area contributed by atoms with E-state index in [1.807, 2.05) is 0 Å². The van der Waals surface area contributed by atoms with E-state index in [-0.39, 0.29) is 12.5 Å². The van der Waals surface area contributed by atoms with Crippen LogP contribution in [0, 0.1) is 0 Å². The molecule has 0 saturated heterocycles. The van der Waals surface area contributed by atoms with Crippen molar-refractivity contribution in [2.24, 2.45) is 0 Å². The molecule has 0 saturated carbocycles. The van der Waals surface area contributed by atoms with Gasteiger partial charge in [-0.25, -0.2) is 9.97 Å². The predicted octanol–water partition coefficient (Wildman–Crippen LogP) is 1.16. The number of aromatic nitrogens is 4. The van der Waals surface area contributed by atoms with E-state index in [2.05, 4.69) is 20.4 Å². The van der Waals surface area contributed by atoms with Gasteiger partial charge < -0.3 is 10.2 Å². The number of anilines is 2. The SMILES string of the molecule is CN(C)C(=O)Cn1cc(Nc2ncc(Cl)cn2)cn1. The molecule has 0 radical (unpaired) electrons. The zero-order chi connectivity index (χ0) is 13.8. The Bertz CT molecular complexity index is 565. The normalized spacial score (nSPS) is 10.3. The summed E-state index contributed by atoms with van der Waals surface area (Å²) in [6.07, 6.45) is 6.30. The van der Waals surface area contributed by atoms with Crippen molar-refractivity contribution >= 4 is 29.1 Å². The molecule has 0 aliphatic carbocycles. The summed E-state index contributed by atoms with van der Waals surface area (Å²) in [7, 11) is 3.40. The van der Waals surface area contributed by atoms with E-state index in [0.717, 1.165) is 0 Å². The van der Waals surface area contributed by atoms with Crippen LogP contribution in [-0.4, -0.2) is 44.7 Å². The van der Waals surface area contributed by atoms with Crippen molar-refractivity contribution in [2.45, 2.75) is 6.54 Å². The van der Waals surface area contributed by atoms with Gasteiger partial charge >= 0.3 is 0 Å². The van der Waals surface area contributed by atoms with Crippen LogP contribution < -0.4 is 5.32 Å². The van der Waals surface area contributed by atoms with Crippen LogP contribution in [0.2, 0.25) is 5.02 Å². The lowest BCUT2D eigenvalue weighted by atomic mass is 10.5. The zero-order valence-electron chi connectivity index (χ0n) is 10.5. The summed E-state index contributed by atoms with van der Waals surface area (Å²) in [5.74, 6) is 0.389. The number of nitrogens with one attached hydrogen (secondary N) is 1. The Morgan fingerprint density at radius 1 is 1.37 bits per heavy atom. The molecule has 0 atom stereocenters. The zero-order valence-corrected chi connectivity index (χ0v) is 11.3. The fourth-order valence-corrected chi connectivity index (χ4v) is 1.40. The molecule has 100 valence electrons. The molecule has 0 aliphatic rings. The van der Waals surface area contributed by atoms with Gasteiger partial charge in [-0.15, -0.1) is 0 Å². The number of likely N-dealkylation sites (N-methyl/N-ethyl adjacent to an activating group) is 1. The molecule has 2 heterocycles. The molecule has 8 heteroatoms. The van der Waals surface area contributed by atoms with E-state index >= 15 is 0 Å². The molecule has 0 fully saturated rings. The molecule has 2 rings (SSSR count). The number of hydrogen-bond acceptors (Lipinski definition) is 5. The molecule has 0 unspecified atom stereocenters. The van der Waals surface area contributed by atoms with Crippen molar-refractivity contribution in [1.29, 1.82) is 0 Å². The molecule has 1 N–H and O–H groups in total. The van der Waals surface area contributed by atoms with E-state index in [4.69, 9.17) is 11.6 Å². The third kappa shape index (κ3) is 3.65. The maximum Gasteiger partial charge on any atom is 0.243 e. The first-order chi connectivity index (χ1) is 9.04. The topological polar surface area (TPSA) is 75.9 Å². The van der Waals surface area contributed by atoms with Gasteiger partial charge in [-0.1, -0.05) is 11.6 Å². The minimum absolute atomic E-state index is 0.0302. The third-order valence-corrected chi connectivity index (χ3v) is 2.50. The van der Waals surface area contributed by atoms with Crippen molar-refractivity contribution < 1.29 is 4.79 Å². The molecule has 0 aliphatic heterocycles. The van der Waals surface area contributed by atoms with E-state index in [1.54, 1.807) is 31.2 Å². The molecular formula is C11H13ClN6O. The smallest absolute Gasteiger partial charge is 0.243 e. The Morgan fingerprint density at radius 2 is 2.05 bits per heavy atom. The molecule has 0 spiro atoms. The van der Waals surface area contributed by atoms with Gasteiger partial charge in [0.1, 0.15) is 6.54 Å². The lowest BCUT2D eigenvalue weighted by Gasteiger charge is -2.09. The molecule has 2 aromatic rings. The van der Waals surface area contributed by atoms with Gasteiger partial charge in [0.2, 0.25) is 11.9 Å². The fourth-order valence-electron chi connectivity index (χ4n) is 1.30. The van der Waals surface area contributed by atoms with Crippen molar-refractivity contribution in [1.82, 2.24) is 24.6 Å². The quantitative estimate of drug-likeness (QED) is 0.909. The number of carbonyl (C=O) groups excluding carboxylic acids is 1. The average molecular weight is 281 g/mol. The molecule has 0 bridgehead atoms. The number of hydrogen-bond donors (Lipinski definition) is 1. The Labute approximate surface area is 115 Å². The van der Waals surface area contributed by atoms with Crippen LogP contribution in [0.25, 0.3) is 0 Å². The van der Waals surface area contributed by atoms with Crippen LogP contribution >= 0.6 is 11.6 Å². The van der Waals surface area contributed by atoms with Gasteiger partial charge in [-0.2, -0.15) is 5.10 Å². The standard InChI is InChI=1S/C11H13ClN6O/c1-17(2)10(19)7-18-6-9(5-15-18)16-11-13-3-8(12)4-14-11/h3-6H,7H2,1-2H3,(H,13,14,16). The predicted molar refractivity (Wildman–Crippen MR) is 71.2 cm³/mol. The number of halogens is 1. The van der Waals surface area contributed by atoms with E-state index in [9.17, 15) is 4.79 Å². The monoisotopic (exact) mass is 280 g/mol. The summed E-state index contributed by atoms with van der Waals surface area (Å²) < 4.78 is 1.54. The van der Waals surface area contributed by atoms with Crippen molar-refractivity contribution in [3.8, 4) is 0 Å². The Balaban J connectivity index is 2.01. The maximum atomic E-state index is 11.5. The van der Waals surface area contributed by atoms with Gasteiger partial charge in [-0.3, -0.25) is 9.48 Å². The van der Waals surface area contributed by atoms with Crippen molar-refractivity contribution in [2.75, 3.05) is 19.4 Å². The van der Waals surface area contributed by atoms with Crippen LogP contribution in [0.1, 0.15) is 0 Å². The highest BCUT2D eigenvalue weighted by atomic mass is 35.5. The minimum Gasteiger partial charge on any atom is -0.347 e. The van der Waals surface area contributed by atoms with Gasteiger partial charge in [0.05, 0.1) is 29.3 Å².